The van der Waals surface area contributed by atoms with Crippen LogP contribution in [0.25, 0.3) is 10.9 Å². The molecule has 1 heterocycles. The molecule has 0 unspecified atom stereocenters. The van der Waals surface area contributed by atoms with Crippen LogP contribution in [0.4, 0.5) is 5.69 Å². The van der Waals surface area contributed by atoms with E-state index in [9.17, 15) is 10.1 Å². The fourth-order valence-electron chi connectivity index (χ4n) is 1.64. The zero-order valence-corrected chi connectivity index (χ0v) is 8.02. The van der Waals surface area contributed by atoms with Gasteiger partial charge in [-0.3, -0.25) is 10.1 Å². The Bertz CT molecular complexity index is 514. The van der Waals surface area contributed by atoms with Crippen molar-refractivity contribution >= 4 is 16.6 Å². The smallest absolute Gasteiger partial charge is 0.271 e. The SMILES string of the molecule is Cc1cc([N+](=O)[O-])cc2c1ccn2C. The fourth-order valence-corrected chi connectivity index (χ4v) is 1.64. The van der Waals surface area contributed by atoms with E-state index in [-0.39, 0.29) is 10.6 Å². The molecule has 72 valence electrons. The second-order valence-electron chi connectivity index (χ2n) is 3.38. The van der Waals surface area contributed by atoms with E-state index in [0.717, 1.165) is 16.5 Å². The maximum Gasteiger partial charge on any atom is 0.271 e. The number of aryl methyl sites for hydroxylation is 2. The number of benzene rings is 1. The van der Waals surface area contributed by atoms with E-state index in [0.29, 0.717) is 0 Å². The normalized spacial score (nSPS) is 10.7. The van der Waals surface area contributed by atoms with Crippen LogP contribution in [0, 0.1) is 17.0 Å². The van der Waals surface area contributed by atoms with Gasteiger partial charge in [-0.25, -0.2) is 0 Å². The van der Waals surface area contributed by atoms with E-state index in [1.54, 1.807) is 12.1 Å². The van der Waals surface area contributed by atoms with Crippen molar-refractivity contribution in [2.45, 2.75) is 6.92 Å². The third-order valence-corrected chi connectivity index (χ3v) is 2.41. The maximum absolute atomic E-state index is 10.6. The number of hydrogen-bond donors (Lipinski definition) is 0. The van der Waals surface area contributed by atoms with Crippen molar-refractivity contribution in [3.05, 3.63) is 40.1 Å². The van der Waals surface area contributed by atoms with E-state index in [1.165, 1.54) is 0 Å². The molecule has 1 aromatic carbocycles. The summed E-state index contributed by atoms with van der Waals surface area (Å²) in [4.78, 5) is 10.3. The molecule has 2 aromatic rings. The van der Waals surface area contributed by atoms with Gasteiger partial charge in [-0.2, -0.15) is 0 Å². The predicted molar refractivity (Wildman–Crippen MR) is 54.3 cm³/mol. The zero-order valence-electron chi connectivity index (χ0n) is 8.02. The van der Waals surface area contributed by atoms with Crippen LogP contribution in [-0.2, 0) is 7.05 Å². The molecule has 0 fully saturated rings. The molecule has 0 bridgehead atoms. The Kier molecular flexibility index (Phi) is 1.77. The number of fused-ring (bicyclic) bond motifs is 1. The highest BCUT2D eigenvalue weighted by molar-refractivity contribution is 5.85. The van der Waals surface area contributed by atoms with Crippen molar-refractivity contribution < 1.29 is 4.92 Å². The first-order chi connectivity index (χ1) is 6.59. The number of nitro benzene ring substituents is 1. The first-order valence-corrected chi connectivity index (χ1v) is 4.29. The van der Waals surface area contributed by atoms with E-state index in [2.05, 4.69) is 0 Å². The highest BCUT2D eigenvalue weighted by Crippen LogP contribution is 2.24. The van der Waals surface area contributed by atoms with Gasteiger partial charge in [0.25, 0.3) is 5.69 Å². The molecule has 0 aliphatic carbocycles. The lowest BCUT2D eigenvalue weighted by Gasteiger charge is -1.99. The van der Waals surface area contributed by atoms with Crippen LogP contribution in [0.1, 0.15) is 5.56 Å². The molecule has 0 saturated heterocycles. The highest BCUT2D eigenvalue weighted by atomic mass is 16.6. The van der Waals surface area contributed by atoms with Crippen molar-refractivity contribution in [2.24, 2.45) is 7.05 Å². The Labute approximate surface area is 80.9 Å². The molecule has 0 aliphatic heterocycles. The molecule has 0 aliphatic rings. The largest absolute Gasteiger partial charge is 0.350 e. The number of hydrogen-bond acceptors (Lipinski definition) is 2. The second kappa shape index (κ2) is 2.83. The van der Waals surface area contributed by atoms with Crippen molar-refractivity contribution in [3.63, 3.8) is 0 Å². The number of nitro groups is 1. The molecule has 4 nitrogen and oxygen atoms in total. The second-order valence-corrected chi connectivity index (χ2v) is 3.38. The average molecular weight is 190 g/mol. The van der Waals surface area contributed by atoms with E-state index >= 15 is 0 Å². The van der Waals surface area contributed by atoms with Gasteiger partial charge < -0.3 is 4.57 Å². The predicted octanol–water partition coefficient (Wildman–Crippen LogP) is 2.39. The van der Waals surface area contributed by atoms with Gasteiger partial charge in [-0.05, 0) is 18.6 Å². The van der Waals surface area contributed by atoms with Gasteiger partial charge in [0.05, 0.1) is 10.4 Å². The molecule has 0 amide bonds. The Morgan fingerprint density at radius 1 is 1.43 bits per heavy atom. The van der Waals surface area contributed by atoms with Crippen LogP contribution in [0.2, 0.25) is 0 Å². The number of aromatic nitrogens is 1. The van der Waals surface area contributed by atoms with E-state index in [1.807, 2.05) is 30.8 Å². The lowest BCUT2D eigenvalue weighted by Crippen LogP contribution is -1.91. The molecule has 4 heteroatoms. The first kappa shape index (κ1) is 8.74. The zero-order chi connectivity index (χ0) is 10.3. The van der Waals surface area contributed by atoms with Crippen LogP contribution < -0.4 is 0 Å². The van der Waals surface area contributed by atoms with Crippen molar-refractivity contribution in [2.75, 3.05) is 0 Å². The summed E-state index contributed by atoms with van der Waals surface area (Å²) in [5.41, 5.74) is 1.99. The van der Waals surface area contributed by atoms with Gasteiger partial charge in [-0.1, -0.05) is 0 Å². The minimum Gasteiger partial charge on any atom is -0.350 e. The third-order valence-electron chi connectivity index (χ3n) is 2.41. The summed E-state index contributed by atoms with van der Waals surface area (Å²) >= 11 is 0. The van der Waals surface area contributed by atoms with Crippen LogP contribution in [-0.4, -0.2) is 9.49 Å². The van der Waals surface area contributed by atoms with Crippen molar-refractivity contribution in [3.8, 4) is 0 Å². The number of non-ortho nitro benzene ring substituents is 1. The standard InChI is InChI=1S/C10H10N2O2/c1-7-5-8(12(13)14)6-10-9(7)3-4-11(10)2/h3-6H,1-2H3. The molecule has 0 atom stereocenters. The average Bonchev–Trinajstić information content (AvgIpc) is 2.48. The molecule has 0 N–H and O–H groups in total. The van der Waals surface area contributed by atoms with E-state index < -0.39 is 0 Å². The molecule has 0 saturated carbocycles. The third kappa shape index (κ3) is 1.16. The number of nitrogens with zero attached hydrogens (tertiary/aromatic N) is 2. The summed E-state index contributed by atoms with van der Waals surface area (Å²) in [6.45, 7) is 1.88. The minimum atomic E-state index is -0.362. The van der Waals surface area contributed by atoms with E-state index in [4.69, 9.17) is 0 Å². The first-order valence-electron chi connectivity index (χ1n) is 4.29. The quantitative estimate of drug-likeness (QED) is 0.512. The van der Waals surface area contributed by atoms with Gasteiger partial charge in [0, 0.05) is 30.8 Å². The summed E-state index contributed by atoms with van der Waals surface area (Å²) in [5, 5.41) is 11.7. The van der Waals surface area contributed by atoms with Gasteiger partial charge in [0.15, 0.2) is 0 Å². The van der Waals surface area contributed by atoms with Crippen LogP contribution in [0.15, 0.2) is 24.4 Å². The topological polar surface area (TPSA) is 48.1 Å². The van der Waals surface area contributed by atoms with Crippen LogP contribution >= 0.6 is 0 Å². The summed E-state index contributed by atoms with van der Waals surface area (Å²) in [7, 11) is 1.88. The molecule has 0 spiro atoms. The Balaban J connectivity index is 2.82. The van der Waals surface area contributed by atoms with Gasteiger partial charge >= 0.3 is 0 Å². The summed E-state index contributed by atoms with van der Waals surface area (Å²) < 4.78 is 1.88. The van der Waals surface area contributed by atoms with Gasteiger partial charge in [0.2, 0.25) is 0 Å². The Hall–Kier alpha value is -1.84. The molecular weight excluding hydrogens is 180 g/mol. The Morgan fingerprint density at radius 3 is 2.79 bits per heavy atom. The molecule has 0 radical (unpaired) electrons. The van der Waals surface area contributed by atoms with Crippen LogP contribution in [0.3, 0.4) is 0 Å². The molecular formula is C10H10N2O2. The lowest BCUT2D eigenvalue weighted by atomic mass is 10.1. The lowest BCUT2D eigenvalue weighted by molar-refractivity contribution is -0.384. The van der Waals surface area contributed by atoms with Gasteiger partial charge in [-0.15, -0.1) is 0 Å². The van der Waals surface area contributed by atoms with Crippen LogP contribution in [0.5, 0.6) is 0 Å². The number of rotatable bonds is 1. The highest BCUT2D eigenvalue weighted by Gasteiger charge is 2.10. The van der Waals surface area contributed by atoms with Crippen molar-refractivity contribution in [1.82, 2.24) is 4.57 Å². The summed E-state index contributed by atoms with van der Waals surface area (Å²) in [5.74, 6) is 0. The Morgan fingerprint density at radius 2 is 2.14 bits per heavy atom. The maximum atomic E-state index is 10.6. The fraction of sp³-hybridized carbons (Fsp3) is 0.200. The van der Waals surface area contributed by atoms with Crippen molar-refractivity contribution in [1.29, 1.82) is 0 Å². The van der Waals surface area contributed by atoms with Gasteiger partial charge in [0.1, 0.15) is 0 Å². The summed E-state index contributed by atoms with van der Waals surface area (Å²) in [6.07, 6.45) is 1.90. The minimum absolute atomic E-state index is 0.150. The molecule has 2 rings (SSSR count). The molecule has 14 heavy (non-hydrogen) atoms. The summed E-state index contributed by atoms with van der Waals surface area (Å²) in [6, 6.07) is 5.17. The molecule has 1 aromatic heterocycles. The monoisotopic (exact) mass is 190 g/mol.